The van der Waals surface area contributed by atoms with Gasteiger partial charge in [-0.15, -0.1) is 23.1 Å². The van der Waals surface area contributed by atoms with Crippen LogP contribution < -0.4 is 16.0 Å². The number of carbonyl (C=O) groups is 4. The summed E-state index contributed by atoms with van der Waals surface area (Å²) in [6.45, 7) is 4.22. The minimum Gasteiger partial charge on any atom is -0.462 e. The number of anilines is 2. The van der Waals surface area contributed by atoms with Gasteiger partial charge in [-0.2, -0.15) is 0 Å². The van der Waals surface area contributed by atoms with Gasteiger partial charge < -0.3 is 20.7 Å². The zero-order valence-corrected chi connectivity index (χ0v) is 29.2. The number of nitrogens with one attached hydrogen (secondary N) is 3. The number of thiophene rings is 1. The molecule has 1 unspecified atom stereocenters. The average molecular weight is 733 g/mol. The summed E-state index contributed by atoms with van der Waals surface area (Å²) >= 11 is 6.21. The highest BCUT2D eigenvalue weighted by molar-refractivity contribution is 9.10. The van der Waals surface area contributed by atoms with Crippen molar-refractivity contribution in [3.63, 3.8) is 0 Å². The summed E-state index contributed by atoms with van der Waals surface area (Å²) in [4.78, 5) is 54.2. The van der Waals surface area contributed by atoms with Crippen molar-refractivity contribution in [3.8, 4) is 0 Å². The summed E-state index contributed by atoms with van der Waals surface area (Å²) in [6.07, 6.45) is 4.27. The van der Waals surface area contributed by atoms with E-state index in [9.17, 15) is 19.2 Å². The van der Waals surface area contributed by atoms with Gasteiger partial charge in [-0.05, 0) is 91.8 Å². The molecule has 3 N–H and O–H groups in total. The van der Waals surface area contributed by atoms with Crippen LogP contribution in [0.25, 0.3) is 6.08 Å². The normalized spacial score (nSPS) is 14.1. The first kappa shape index (κ1) is 34.2. The average Bonchev–Trinajstić information content (AvgIpc) is 3.40. The van der Waals surface area contributed by atoms with Crippen molar-refractivity contribution >= 4 is 79.5 Å². The molecule has 0 radical (unpaired) electrons. The van der Waals surface area contributed by atoms with Gasteiger partial charge in [0.2, 0.25) is 5.91 Å². The van der Waals surface area contributed by atoms with E-state index in [-0.39, 0.29) is 24.0 Å². The number of ether oxygens (including phenoxy) is 1. The predicted octanol–water partition coefficient (Wildman–Crippen LogP) is 7.95. The highest BCUT2D eigenvalue weighted by Crippen LogP contribution is 2.40. The molecule has 8 nitrogen and oxygen atoms in total. The summed E-state index contributed by atoms with van der Waals surface area (Å²) in [6, 6.07) is 23.2. The molecule has 0 bridgehead atoms. The molecule has 0 saturated heterocycles. The van der Waals surface area contributed by atoms with Crippen molar-refractivity contribution in [1.29, 1.82) is 0 Å². The Balaban J connectivity index is 1.26. The number of halogens is 1. The van der Waals surface area contributed by atoms with Gasteiger partial charge >= 0.3 is 5.97 Å². The first-order valence-corrected chi connectivity index (χ1v) is 17.8. The number of rotatable bonds is 11. The molecule has 0 saturated carbocycles. The molecule has 1 aromatic heterocycles. The van der Waals surface area contributed by atoms with E-state index in [1.807, 2.05) is 36.4 Å². The lowest BCUT2D eigenvalue weighted by Crippen LogP contribution is -2.30. The molecule has 47 heavy (non-hydrogen) atoms. The van der Waals surface area contributed by atoms with Crippen molar-refractivity contribution in [2.24, 2.45) is 5.92 Å². The van der Waals surface area contributed by atoms with Crippen LogP contribution in [0.15, 0.2) is 93.9 Å². The smallest absolute Gasteiger partial charge is 0.341 e. The van der Waals surface area contributed by atoms with Gasteiger partial charge in [-0.3, -0.25) is 14.4 Å². The number of esters is 1. The van der Waals surface area contributed by atoms with E-state index < -0.39 is 17.8 Å². The van der Waals surface area contributed by atoms with E-state index in [0.29, 0.717) is 27.7 Å². The molecule has 11 heteroatoms. The summed E-state index contributed by atoms with van der Waals surface area (Å²) in [5.74, 6) is -0.944. The minimum absolute atomic E-state index is 0.0693. The monoisotopic (exact) mass is 731 g/mol. The van der Waals surface area contributed by atoms with Crippen LogP contribution in [-0.2, 0) is 27.2 Å². The number of benzene rings is 3. The summed E-state index contributed by atoms with van der Waals surface area (Å²) in [5, 5.41) is 9.10. The molecule has 3 amide bonds. The maximum Gasteiger partial charge on any atom is 0.341 e. The van der Waals surface area contributed by atoms with Crippen LogP contribution in [0.2, 0.25) is 0 Å². The van der Waals surface area contributed by atoms with Crippen molar-refractivity contribution in [1.82, 2.24) is 5.32 Å². The van der Waals surface area contributed by atoms with Crippen molar-refractivity contribution < 1.29 is 23.9 Å². The van der Waals surface area contributed by atoms with E-state index in [1.165, 1.54) is 23.1 Å². The standard InChI is InChI=1S/C36H34BrN3O5S2/c1-3-45-36(44)32-28-16-15-22(2)17-30(28)47-35(32)40-31(41)21-46-27-14-8-13-26(20-27)38-34(43)29(19-23-9-7-12-25(37)18-23)39-33(42)24-10-5-4-6-11-24/h4-14,18-20,22H,3,15-17,21H2,1-2H3,(H,38,43)(H,39,42)(H,40,41)/b29-19+. The Labute approximate surface area is 290 Å². The van der Waals surface area contributed by atoms with E-state index >= 15 is 0 Å². The van der Waals surface area contributed by atoms with Crippen LogP contribution in [0.5, 0.6) is 0 Å². The Morgan fingerprint density at radius 3 is 2.55 bits per heavy atom. The van der Waals surface area contributed by atoms with Crippen LogP contribution in [0.3, 0.4) is 0 Å². The number of thioether (sulfide) groups is 1. The molecule has 0 aliphatic heterocycles. The van der Waals surface area contributed by atoms with Gasteiger partial charge in [0, 0.05) is 25.5 Å². The Morgan fingerprint density at radius 1 is 1.00 bits per heavy atom. The van der Waals surface area contributed by atoms with Gasteiger partial charge in [-0.1, -0.05) is 59.3 Å². The molecule has 3 aromatic carbocycles. The molecule has 0 fully saturated rings. The lowest BCUT2D eigenvalue weighted by Gasteiger charge is -2.18. The Hall–Kier alpha value is -4.19. The molecule has 1 atom stereocenters. The number of amides is 3. The first-order valence-electron chi connectivity index (χ1n) is 15.2. The van der Waals surface area contributed by atoms with Crippen molar-refractivity contribution in [3.05, 3.63) is 116 Å². The summed E-state index contributed by atoms with van der Waals surface area (Å²) in [5.41, 5.74) is 3.18. The first-order chi connectivity index (χ1) is 22.7. The quantitative estimate of drug-likeness (QED) is 0.0820. The largest absolute Gasteiger partial charge is 0.462 e. The van der Waals surface area contributed by atoms with Gasteiger partial charge in [-0.25, -0.2) is 4.79 Å². The Bertz CT molecular complexity index is 1820. The van der Waals surface area contributed by atoms with Crippen molar-refractivity contribution in [2.75, 3.05) is 23.0 Å². The fourth-order valence-corrected chi connectivity index (χ4v) is 7.72. The Kier molecular flexibility index (Phi) is 11.7. The molecule has 4 aromatic rings. The molecule has 1 aliphatic carbocycles. The number of hydrogen-bond donors (Lipinski definition) is 3. The van der Waals surface area contributed by atoms with Gasteiger partial charge in [0.15, 0.2) is 0 Å². The van der Waals surface area contributed by atoms with Crippen LogP contribution >= 0.6 is 39.0 Å². The highest BCUT2D eigenvalue weighted by atomic mass is 79.9. The number of hydrogen-bond acceptors (Lipinski definition) is 7. The summed E-state index contributed by atoms with van der Waals surface area (Å²) in [7, 11) is 0. The lowest BCUT2D eigenvalue weighted by molar-refractivity contribution is -0.114. The van der Waals surface area contributed by atoms with E-state index in [4.69, 9.17) is 4.74 Å². The van der Waals surface area contributed by atoms with E-state index in [1.54, 1.807) is 55.5 Å². The number of carbonyl (C=O) groups excluding carboxylic acids is 4. The third-order valence-electron chi connectivity index (χ3n) is 7.39. The maximum absolute atomic E-state index is 13.5. The molecular formula is C36H34BrN3O5S2. The highest BCUT2D eigenvalue weighted by Gasteiger charge is 2.29. The van der Waals surface area contributed by atoms with E-state index in [2.05, 4.69) is 38.8 Å². The molecule has 1 aliphatic rings. The lowest BCUT2D eigenvalue weighted by atomic mass is 9.88. The third kappa shape index (κ3) is 9.21. The summed E-state index contributed by atoms with van der Waals surface area (Å²) < 4.78 is 6.15. The van der Waals surface area contributed by atoms with Gasteiger partial charge in [0.25, 0.3) is 11.8 Å². The van der Waals surface area contributed by atoms with Crippen LogP contribution in [0.1, 0.15) is 57.0 Å². The molecule has 5 rings (SSSR count). The van der Waals surface area contributed by atoms with Gasteiger partial charge in [0.05, 0.1) is 17.9 Å². The zero-order valence-electron chi connectivity index (χ0n) is 25.9. The van der Waals surface area contributed by atoms with Crippen LogP contribution in [-0.4, -0.2) is 36.1 Å². The topological polar surface area (TPSA) is 114 Å². The minimum atomic E-state index is -0.503. The van der Waals surface area contributed by atoms with Crippen molar-refractivity contribution in [2.45, 2.75) is 38.0 Å². The molecular weight excluding hydrogens is 698 g/mol. The van der Waals surface area contributed by atoms with E-state index in [0.717, 1.165) is 44.6 Å². The second kappa shape index (κ2) is 16.1. The predicted molar refractivity (Wildman–Crippen MR) is 192 cm³/mol. The maximum atomic E-state index is 13.5. The Morgan fingerprint density at radius 2 is 1.79 bits per heavy atom. The second-order valence-electron chi connectivity index (χ2n) is 11.0. The fourth-order valence-electron chi connectivity index (χ4n) is 5.14. The third-order valence-corrected chi connectivity index (χ3v) is 10.1. The molecule has 0 spiro atoms. The fraction of sp³-hybridized carbons (Fsp3) is 0.222. The zero-order chi connectivity index (χ0) is 33.3. The molecule has 242 valence electrons. The van der Waals surface area contributed by atoms with Crippen LogP contribution in [0, 0.1) is 5.92 Å². The number of fused-ring (bicyclic) bond motifs is 1. The SMILES string of the molecule is CCOC(=O)c1c(NC(=O)CSc2cccc(NC(=O)/C(=C\c3cccc(Br)c3)NC(=O)c3ccccc3)c2)sc2c1CCC(C)C2. The van der Waals surface area contributed by atoms with Gasteiger partial charge in [0.1, 0.15) is 10.7 Å². The van der Waals surface area contributed by atoms with Crippen LogP contribution in [0.4, 0.5) is 10.7 Å². The second-order valence-corrected chi connectivity index (χ2v) is 14.1. The molecule has 1 heterocycles.